The van der Waals surface area contributed by atoms with Crippen molar-refractivity contribution in [3.8, 4) is 0 Å². The van der Waals surface area contributed by atoms with Gasteiger partial charge < -0.3 is 9.64 Å². The summed E-state index contributed by atoms with van der Waals surface area (Å²) in [6.45, 7) is 9.36. The fourth-order valence-electron chi connectivity index (χ4n) is 2.28. The van der Waals surface area contributed by atoms with E-state index in [0.29, 0.717) is 12.1 Å². The summed E-state index contributed by atoms with van der Waals surface area (Å²) in [6.07, 6.45) is 0. The number of ether oxygens (including phenoxy) is 1. The molecule has 1 rings (SSSR count). The summed E-state index contributed by atoms with van der Waals surface area (Å²) in [6, 6.07) is 5.92. The molecule has 0 aromatic heterocycles. The predicted molar refractivity (Wildman–Crippen MR) is 81.6 cm³/mol. The Labute approximate surface area is 126 Å². The van der Waals surface area contributed by atoms with Crippen molar-refractivity contribution in [2.45, 2.75) is 26.3 Å². The first kappa shape index (κ1) is 17.6. The van der Waals surface area contributed by atoms with Gasteiger partial charge in [-0.1, -0.05) is 26.0 Å². The Morgan fingerprint density at radius 3 is 2.33 bits per heavy atom. The van der Waals surface area contributed by atoms with Crippen LogP contribution >= 0.6 is 0 Å². The Morgan fingerprint density at radius 1 is 1.29 bits per heavy atom. The lowest BCUT2D eigenvalue weighted by Gasteiger charge is -2.30. The zero-order valence-electron chi connectivity index (χ0n) is 13.3. The van der Waals surface area contributed by atoms with Crippen molar-refractivity contribution in [2.24, 2.45) is 0 Å². The molecule has 0 radical (unpaired) electrons. The number of hydrogen-bond donors (Lipinski definition) is 1. The molecule has 0 aliphatic carbocycles. The summed E-state index contributed by atoms with van der Waals surface area (Å²) in [4.78, 5) is 14.4. The van der Waals surface area contributed by atoms with Crippen LogP contribution in [0.4, 0.5) is 4.39 Å². The summed E-state index contributed by atoms with van der Waals surface area (Å²) in [5.74, 6) is -0.706. The lowest BCUT2D eigenvalue weighted by Crippen LogP contribution is -2.49. The quantitative estimate of drug-likeness (QED) is 0.746. The van der Waals surface area contributed by atoms with Crippen molar-refractivity contribution >= 4 is 5.97 Å². The fourth-order valence-corrected chi connectivity index (χ4v) is 2.28. The van der Waals surface area contributed by atoms with E-state index in [9.17, 15) is 9.18 Å². The smallest absolute Gasteiger partial charge is 0.330 e. The van der Waals surface area contributed by atoms with Crippen molar-refractivity contribution < 1.29 is 13.9 Å². The van der Waals surface area contributed by atoms with E-state index in [1.54, 1.807) is 19.1 Å². The molecule has 1 aromatic rings. The SMILES string of the molecule is CCN(CC)CCNC(C)(C(=O)OC)c1ccc(F)cc1. The molecule has 0 aliphatic rings. The number of rotatable bonds is 8. The third kappa shape index (κ3) is 4.51. The van der Waals surface area contributed by atoms with Crippen LogP contribution in [0.2, 0.25) is 0 Å². The molecule has 0 saturated carbocycles. The van der Waals surface area contributed by atoms with Gasteiger partial charge in [0.15, 0.2) is 0 Å². The number of carbonyl (C=O) groups is 1. The molecule has 0 heterocycles. The molecule has 1 aromatic carbocycles. The third-order valence-electron chi connectivity index (χ3n) is 3.82. The van der Waals surface area contributed by atoms with Crippen molar-refractivity contribution in [2.75, 3.05) is 33.3 Å². The molecule has 5 heteroatoms. The lowest BCUT2D eigenvalue weighted by molar-refractivity contribution is -0.148. The topological polar surface area (TPSA) is 41.6 Å². The van der Waals surface area contributed by atoms with Gasteiger partial charge in [-0.2, -0.15) is 0 Å². The van der Waals surface area contributed by atoms with Crippen molar-refractivity contribution in [3.05, 3.63) is 35.6 Å². The maximum Gasteiger partial charge on any atom is 0.330 e. The van der Waals surface area contributed by atoms with Crippen molar-refractivity contribution in [3.63, 3.8) is 0 Å². The van der Waals surface area contributed by atoms with Crippen LogP contribution in [0.25, 0.3) is 0 Å². The second-order valence-corrected chi connectivity index (χ2v) is 5.08. The van der Waals surface area contributed by atoms with E-state index < -0.39 is 5.54 Å². The minimum atomic E-state index is -0.977. The molecule has 0 spiro atoms. The van der Waals surface area contributed by atoms with E-state index in [-0.39, 0.29) is 11.8 Å². The molecule has 0 bridgehead atoms. The molecule has 1 unspecified atom stereocenters. The van der Waals surface area contributed by atoms with Crippen LogP contribution < -0.4 is 5.32 Å². The molecule has 1 atom stereocenters. The standard InChI is InChI=1S/C16H25FN2O2/c1-5-19(6-2)12-11-18-16(3,15(20)21-4)13-7-9-14(17)10-8-13/h7-10,18H,5-6,11-12H2,1-4H3. The molecule has 118 valence electrons. The van der Waals surface area contributed by atoms with Crippen LogP contribution in [0, 0.1) is 5.82 Å². The van der Waals surface area contributed by atoms with Crippen LogP contribution in [0.5, 0.6) is 0 Å². The van der Waals surface area contributed by atoms with E-state index in [2.05, 4.69) is 24.1 Å². The van der Waals surface area contributed by atoms with Gasteiger partial charge in [-0.25, -0.2) is 9.18 Å². The monoisotopic (exact) mass is 296 g/mol. The Hall–Kier alpha value is -1.46. The van der Waals surface area contributed by atoms with Gasteiger partial charge in [-0.15, -0.1) is 0 Å². The van der Waals surface area contributed by atoms with Gasteiger partial charge >= 0.3 is 5.97 Å². The first-order valence-electron chi connectivity index (χ1n) is 7.29. The number of benzene rings is 1. The number of hydrogen-bond acceptors (Lipinski definition) is 4. The zero-order valence-corrected chi connectivity index (χ0v) is 13.3. The molecule has 1 N–H and O–H groups in total. The number of nitrogens with zero attached hydrogens (tertiary/aromatic N) is 1. The highest BCUT2D eigenvalue weighted by molar-refractivity contribution is 5.82. The number of halogens is 1. The highest BCUT2D eigenvalue weighted by Gasteiger charge is 2.35. The Balaban J connectivity index is 2.84. The van der Waals surface area contributed by atoms with Gasteiger partial charge in [-0.05, 0) is 37.7 Å². The van der Waals surface area contributed by atoms with Crippen LogP contribution in [-0.2, 0) is 15.1 Å². The molecule has 0 aliphatic heterocycles. The van der Waals surface area contributed by atoms with Gasteiger partial charge in [0.05, 0.1) is 7.11 Å². The molecule has 4 nitrogen and oxygen atoms in total. The molecule has 21 heavy (non-hydrogen) atoms. The molecular weight excluding hydrogens is 271 g/mol. The van der Waals surface area contributed by atoms with Gasteiger partial charge in [0.25, 0.3) is 0 Å². The van der Waals surface area contributed by atoms with Gasteiger partial charge in [0.2, 0.25) is 0 Å². The van der Waals surface area contributed by atoms with Crippen LogP contribution in [-0.4, -0.2) is 44.2 Å². The fraction of sp³-hybridized carbons (Fsp3) is 0.562. The second kappa shape index (κ2) is 8.10. The largest absolute Gasteiger partial charge is 0.467 e. The second-order valence-electron chi connectivity index (χ2n) is 5.08. The van der Waals surface area contributed by atoms with Gasteiger partial charge in [0.1, 0.15) is 11.4 Å². The van der Waals surface area contributed by atoms with Crippen LogP contribution in [0.15, 0.2) is 24.3 Å². The average Bonchev–Trinajstić information content (AvgIpc) is 2.51. The average molecular weight is 296 g/mol. The summed E-state index contributed by atoms with van der Waals surface area (Å²) in [7, 11) is 1.36. The molecule has 0 saturated heterocycles. The maximum atomic E-state index is 13.1. The van der Waals surface area contributed by atoms with Crippen molar-refractivity contribution in [1.29, 1.82) is 0 Å². The van der Waals surface area contributed by atoms with E-state index >= 15 is 0 Å². The zero-order chi connectivity index (χ0) is 15.9. The Morgan fingerprint density at radius 2 is 1.86 bits per heavy atom. The van der Waals surface area contributed by atoms with Crippen molar-refractivity contribution in [1.82, 2.24) is 10.2 Å². The highest BCUT2D eigenvalue weighted by Crippen LogP contribution is 2.22. The minimum absolute atomic E-state index is 0.325. The van der Waals surface area contributed by atoms with E-state index in [4.69, 9.17) is 4.74 Å². The summed E-state index contributed by atoms with van der Waals surface area (Å²) in [5.41, 5.74) is -0.286. The van der Waals surface area contributed by atoms with Gasteiger partial charge in [0, 0.05) is 13.1 Å². The summed E-state index contributed by atoms with van der Waals surface area (Å²) < 4.78 is 18.0. The summed E-state index contributed by atoms with van der Waals surface area (Å²) in [5, 5.41) is 3.24. The van der Waals surface area contributed by atoms with E-state index in [0.717, 1.165) is 19.6 Å². The first-order chi connectivity index (χ1) is 9.97. The molecular formula is C16H25FN2O2. The Kier molecular flexibility index (Phi) is 6.78. The highest BCUT2D eigenvalue weighted by atomic mass is 19.1. The minimum Gasteiger partial charge on any atom is -0.467 e. The van der Waals surface area contributed by atoms with E-state index in [1.165, 1.54) is 19.2 Å². The predicted octanol–water partition coefficient (Wildman–Crippen LogP) is 2.15. The summed E-state index contributed by atoms with van der Waals surface area (Å²) >= 11 is 0. The number of carbonyl (C=O) groups excluding carboxylic acids is 1. The van der Waals surface area contributed by atoms with Crippen LogP contribution in [0.1, 0.15) is 26.3 Å². The maximum absolute atomic E-state index is 13.1. The van der Waals surface area contributed by atoms with Gasteiger partial charge in [-0.3, -0.25) is 5.32 Å². The molecule has 0 fully saturated rings. The number of esters is 1. The first-order valence-corrected chi connectivity index (χ1v) is 7.29. The number of likely N-dealkylation sites (N-methyl/N-ethyl adjacent to an activating group) is 1. The Bertz CT molecular complexity index is 446. The lowest BCUT2D eigenvalue weighted by atomic mass is 9.92. The number of methoxy groups -OCH3 is 1. The normalized spacial score (nSPS) is 14.0. The molecule has 0 amide bonds. The van der Waals surface area contributed by atoms with Crippen LogP contribution in [0.3, 0.4) is 0 Å². The third-order valence-corrected chi connectivity index (χ3v) is 3.82. The van der Waals surface area contributed by atoms with E-state index in [1.807, 2.05) is 0 Å². The number of nitrogens with one attached hydrogen (secondary N) is 1.